The third kappa shape index (κ3) is 4.62. The van der Waals surface area contributed by atoms with Crippen molar-refractivity contribution in [2.24, 2.45) is 0 Å². The maximum atomic E-state index is 11.8. The highest BCUT2D eigenvalue weighted by molar-refractivity contribution is 6.00. The van der Waals surface area contributed by atoms with E-state index >= 15 is 0 Å². The number of phenolic OH excluding ortho intramolecular Hbond substituents is 1. The number of carbonyl (C=O) groups excluding carboxylic acids is 2. The Labute approximate surface area is 113 Å². The molecule has 0 saturated heterocycles. The van der Waals surface area contributed by atoms with Crippen molar-refractivity contribution in [1.29, 1.82) is 0 Å². The molecule has 0 aliphatic carbocycles. The summed E-state index contributed by atoms with van der Waals surface area (Å²) in [6, 6.07) is 4.18. The second-order valence-electron chi connectivity index (χ2n) is 4.28. The van der Waals surface area contributed by atoms with Crippen LogP contribution in [-0.2, 0) is 0 Å². The molecule has 1 rings (SSSR count). The Morgan fingerprint density at radius 2 is 1.37 bits per heavy atom. The van der Waals surface area contributed by atoms with E-state index < -0.39 is 0 Å². The predicted molar refractivity (Wildman–Crippen MR) is 73.4 cm³/mol. The van der Waals surface area contributed by atoms with Crippen LogP contribution in [-0.4, -0.2) is 30.0 Å². The standard InChI is InChI=1S/C14H20N2O3/c1-3-5-15-13(18)10-7-11(9-12(17)8-10)14(19)16-6-4-2/h7-9,17H,3-6H2,1-2H3,(H,15,18)(H,16,19). The second kappa shape index (κ2) is 7.41. The average Bonchev–Trinajstić information content (AvgIpc) is 2.41. The number of nitrogens with one attached hydrogen (secondary N) is 2. The zero-order chi connectivity index (χ0) is 14.3. The van der Waals surface area contributed by atoms with Gasteiger partial charge in [0.25, 0.3) is 11.8 Å². The van der Waals surface area contributed by atoms with Gasteiger partial charge in [-0.25, -0.2) is 0 Å². The Balaban J connectivity index is 2.87. The zero-order valence-electron chi connectivity index (χ0n) is 11.3. The van der Waals surface area contributed by atoms with Gasteiger partial charge in [-0.15, -0.1) is 0 Å². The zero-order valence-corrected chi connectivity index (χ0v) is 11.3. The van der Waals surface area contributed by atoms with Crippen LogP contribution in [0.5, 0.6) is 5.75 Å². The normalized spacial score (nSPS) is 10.0. The Morgan fingerprint density at radius 3 is 1.74 bits per heavy atom. The molecular formula is C14H20N2O3. The molecule has 3 N–H and O–H groups in total. The lowest BCUT2D eigenvalue weighted by Gasteiger charge is -2.08. The number of hydrogen-bond donors (Lipinski definition) is 3. The van der Waals surface area contributed by atoms with Crippen molar-refractivity contribution in [3.8, 4) is 5.75 Å². The van der Waals surface area contributed by atoms with Gasteiger partial charge in [0.2, 0.25) is 0 Å². The first-order chi connectivity index (χ1) is 9.08. The Morgan fingerprint density at radius 1 is 0.947 bits per heavy atom. The van der Waals surface area contributed by atoms with Gasteiger partial charge >= 0.3 is 0 Å². The van der Waals surface area contributed by atoms with Crippen molar-refractivity contribution in [3.05, 3.63) is 29.3 Å². The van der Waals surface area contributed by atoms with E-state index in [-0.39, 0.29) is 28.7 Å². The molecule has 5 nitrogen and oxygen atoms in total. The first kappa shape index (κ1) is 15.0. The quantitative estimate of drug-likeness (QED) is 0.731. The maximum absolute atomic E-state index is 11.8. The number of phenols is 1. The summed E-state index contributed by atoms with van der Waals surface area (Å²) in [5.41, 5.74) is 0.574. The summed E-state index contributed by atoms with van der Waals surface area (Å²) in [5, 5.41) is 15.0. The first-order valence-corrected chi connectivity index (χ1v) is 6.49. The molecule has 5 heteroatoms. The van der Waals surface area contributed by atoms with Crippen LogP contribution >= 0.6 is 0 Å². The van der Waals surface area contributed by atoms with Crippen LogP contribution in [0.25, 0.3) is 0 Å². The summed E-state index contributed by atoms with van der Waals surface area (Å²) in [5.74, 6) is -0.671. The fraction of sp³-hybridized carbons (Fsp3) is 0.429. The van der Waals surface area contributed by atoms with Crippen LogP contribution in [0.3, 0.4) is 0 Å². The Kier molecular flexibility index (Phi) is 5.85. The number of aromatic hydroxyl groups is 1. The van der Waals surface area contributed by atoms with Gasteiger partial charge in [-0.3, -0.25) is 9.59 Å². The Hall–Kier alpha value is -2.04. The highest BCUT2D eigenvalue weighted by Crippen LogP contribution is 2.16. The highest BCUT2D eigenvalue weighted by Gasteiger charge is 2.12. The minimum atomic E-state index is -0.290. The number of rotatable bonds is 6. The number of benzene rings is 1. The molecule has 0 aliphatic heterocycles. The summed E-state index contributed by atoms with van der Waals surface area (Å²) in [6.45, 7) is 5.02. The summed E-state index contributed by atoms with van der Waals surface area (Å²) in [7, 11) is 0. The molecule has 0 atom stereocenters. The summed E-state index contributed by atoms with van der Waals surface area (Å²) in [4.78, 5) is 23.6. The molecule has 1 aromatic rings. The fourth-order valence-corrected chi connectivity index (χ4v) is 1.55. The van der Waals surface area contributed by atoms with E-state index in [0.29, 0.717) is 13.1 Å². The van der Waals surface area contributed by atoms with Gasteiger partial charge in [-0.2, -0.15) is 0 Å². The van der Waals surface area contributed by atoms with Crippen LogP contribution in [0.15, 0.2) is 18.2 Å². The van der Waals surface area contributed by atoms with Crippen LogP contribution in [0.4, 0.5) is 0 Å². The molecule has 19 heavy (non-hydrogen) atoms. The molecule has 0 saturated carbocycles. The summed E-state index contributed by atoms with van der Waals surface area (Å²) in [6.07, 6.45) is 1.66. The van der Waals surface area contributed by atoms with E-state index in [1.54, 1.807) is 0 Å². The van der Waals surface area contributed by atoms with E-state index in [1.807, 2.05) is 13.8 Å². The first-order valence-electron chi connectivity index (χ1n) is 6.49. The number of hydrogen-bond acceptors (Lipinski definition) is 3. The average molecular weight is 264 g/mol. The molecule has 0 aliphatic rings. The third-order valence-corrected chi connectivity index (χ3v) is 2.51. The highest BCUT2D eigenvalue weighted by atomic mass is 16.3. The Bertz CT molecular complexity index is 420. The topological polar surface area (TPSA) is 78.4 Å². The van der Waals surface area contributed by atoms with Crippen molar-refractivity contribution >= 4 is 11.8 Å². The molecule has 0 unspecified atom stereocenters. The molecule has 2 amide bonds. The lowest BCUT2D eigenvalue weighted by atomic mass is 10.1. The van der Waals surface area contributed by atoms with Gasteiger partial charge in [0.15, 0.2) is 0 Å². The second-order valence-corrected chi connectivity index (χ2v) is 4.28. The third-order valence-electron chi connectivity index (χ3n) is 2.51. The molecule has 0 bridgehead atoms. The van der Waals surface area contributed by atoms with E-state index in [1.165, 1.54) is 18.2 Å². The molecule has 104 valence electrons. The van der Waals surface area contributed by atoms with Crippen molar-refractivity contribution < 1.29 is 14.7 Å². The molecule has 0 aromatic heterocycles. The van der Waals surface area contributed by atoms with Crippen LogP contribution in [0, 0.1) is 0 Å². The summed E-state index contributed by atoms with van der Waals surface area (Å²) >= 11 is 0. The molecule has 0 spiro atoms. The SMILES string of the molecule is CCCNC(=O)c1cc(O)cc(C(=O)NCCC)c1. The van der Waals surface area contributed by atoms with Gasteiger partial charge in [-0.05, 0) is 31.0 Å². The number of carbonyl (C=O) groups is 2. The van der Waals surface area contributed by atoms with Crippen molar-refractivity contribution in [3.63, 3.8) is 0 Å². The van der Waals surface area contributed by atoms with Gasteiger partial charge in [0.1, 0.15) is 5.75 Å². The van der Waals surface area contributed by atoms with E-state index in [0.717, 1.165) is 12.8 Å². The minimum Gasteiger partial charge on any atom is -0.508 e. The monoisotopic (exact) mass is 264 g/mol. The van der Waals surface area contributed by atoms with Gasteiger partial charge in [0.05, 0.1) is 0 Å². The van der Waals surface area contributed by atoms with Crippen LogP contribution in [0.1, 0.15) is 47.4 Å². The minimum absolute atomic E-state index is 0.0919. The van der Waals surface area contributed by atoms with Gasteiger partial charge in [-0.1, -0.05) is 13.8 Å². The lowest BCUT2D eigenvalue weighted by Crippen LogP contribution is -2.26. The van der Waals surface area contributed by atoms with Crippen molar-refractivity contribution in [2.45, 2.75) is 26.7 Å². The molecule has 0 radical (unpaired) electrons. The van der Waals surface area contributed by atoms with Crippen molar-refractivity contribution in [2.75, 3.05) is 13.1 Å². The van der Waals surface area contributed by atoms with Crippen LogP contribution in [0.2, 0.25) is 0 Å². The lowest BCUT2D eigenvalue weighted by molar-refractivity contribution is 0.0953. The maximum Gasteiger partial charge on any atom is 0.251 e. The van der Waals surface area contributed by atoms with E-state index in [9.17, 15) is 14.7 Å². The van der Waals surface area contributed by atoms with E-state index in [4.69, 9.17) is 0 Å². The molecule has 1 aromatic carbocycles. The molecule has 0 fully saturated rings. The van der Waals surface area contributed by atoms with Gasteiger partial charge in [0, 0.05) is 24.2 Å². The predicted octanol–water partition coefficient (Wildman–Crippen LogP) is 1.67. The molecular weight excluding hydrogens is 244 g/mol. The summed E-state index contributed by atoms with van der Waals surface area (Å²) < 4.78 is 0. The van der Waals surface area contributed by atoms with Gasteiger partial charge < -0.3 is 15.7 Å². The fourth-order valence-electron chi connectivity index (χ4n) is 1.55. The number of amides is 2. The largest absolute Gasteiger partial charge is 0.508 e. The van der Waals surface area contributed by atoms with Crippen LogP contribution < -0.4 is 10.6 Å². The smallest absolute Gasteiger partial charge is 0.251 e. The van der Waals surface area contributed by atoms with E-state index in [2.05, 4.69) is 10.6 Å². The van der Waals surface area contributed by atoms with Crippen molar-refractivity contribution in [1.82, 2.24) is 10.6 Å². The molecule has 0 heterocycles.